The maximum absolute atomic E-state index is 10.6. The van der Waals surface area contributed by atoms with Crippen molar-refractivity contribution >= 4 is 16.9 Å². The molecule has 0 fully saturated rings. The van der Waals surface area contributed by atoms with E-state index in [9.17, 15) is 4.79 Å². The van der Waals surface area contributed by atoms with E-state index in [0.29, 0.717) is 5.75 Å². The molecule has 0 amide bonds. The van der Waals surface area contributed by atoms with Crippen LogP contribution in [0.15, 0.2) is 30.5 Å². The van der Waals surface area contributed by atoms with Gasteiger partial charge in [-0.2, -0.15) is 0 Å². The minimum absolute atomic E-state index is 0.178. The number of aliphatic carboxylic acids is 1. The largest absolute Gasteiger partial charge is 0.490 e. The molecule has 0 aliphatic carbocycles. The van der Waals surface area contributed by atoms with E-state index in [-0.39, 0.29) is 6.61 Å². The average Bonchev–Trinajstić information content (AvgIpc) is 2.69. The van der Waals surface area contributed by atoms with Gasteiger partial charge in [0.15, 0.2) is 0 Å². The Labute approximate surface area is 92.9 Å². The van der Waals surface area contributed by atoms with Gasteiger partial charge < -0.3 is 14.8 Å². The van der Waals surface area contributed by atoms with Crippen molar-refractivity contribution in [2.75, 3.05) is 6.61 Å². The molecule has 2 rings (SSSR count). The average molecular weight is 219 g/mol. The molecule has 4 nitrogen and oxygen atoms in total. The highest BCUT2D eigenvalue weighted by Gasteiger charge is 2.12. The number of aromatic amines is 1. The number of hydrogen-bond acceptors (Lipinski definition) is 2. The van der Waals surface area contributed by atoms with Crippen LogP contribution in [0.3, 0.4) is 0 Å². The molecule has 16 heavy (non-hydrogen) atoms. The van der Waals surface area contributed by atoms with Crippen molar-refractivity contribution in [2.45, 2.75) is 6.92 Å². The number of fused-ring (bicyclic) bond motifs is 1. The summed E-state index contributed by atoms with van der Waals surface area (Å²) in [4.78, 5) is 13.7. The van der Waals surface area contributed by atoms with Crippen LogP contribution >= 0.6 is 0 Å². The van der Waals surface area contributed by atoms with Crippen molar-refractivity contribution in [1.82, 2.24) is 4.98 Å². The zero-order valence-corrected chi connectivity index (χ0v) is 8.93. The number of ether oxygens (including phenoxy) is 1. The number of H-pyrrole nitrogens is 1. The smallest absolute Gasteiger partial charge is 0.309 e. The Hall–Kier alpha value is -1.97. The van der Waals surface area contributed by atoms with Crippen molar-refractivity contribution in [2.24, 2.45) is 5.92 Å². The zero-order chi connectivity index (χ0) is 11.5. The summed E-state index contributed by atoms with van der Waals surface area (Å²) in [6.07, 6.45) is 1.75. The summed E-state index contributed by atoms with van der Waals surface area (Å²) < 4.78 is 5.47. The lowest BCUT2D eigenvalue weighted by atomic mass is 10.2. The fourth-order valence-corrected chi connectivity index (χ4v) is 1.45. The molecule has 0 bridgehead atoms. The van der Waals surface area contributed by atoms with Gasteiger partial charge in [-0.3, -0.25) is 4.79 Å². The molecule has 4 heteroatoms. The number of nitrogens with one attached hydrogen (secondary N) is 1. The van der Waals surface area contributed by atoms with Crippen LogP contribution in [0.4, 0.5) is 0 Å². The summed E-state index contributed by atoms with van der Waals surface area (Å²) in [5, 5.41) is 9.71. The number of rotatable bonds is 4. The Kier molecular flexibility index (Phi) is 2.81. The van der Waals surface area contributed by atoms with Gasteiger partial charge in [-0.1, -0.05) is 12.1 Å². The second-order valence-electron chi connectivity index (χ2n) is 3.75. The van der Waals surface area contributed by atoms with Crippen LogP contribution < -0.4 is 4.74 Å². The lowest BCUT2D eigenvalue weighted by molar-refractivity contribution is -0.142. The maximum atomic E-state index is 10.6. The highest BCUT2D eigenvalue weighted by molar-refractivity contribution is 5.85. The van der Waals surface area contributed by atoms with Crippen molar-refractivity contribution < 1.29 is 14.6 Å². The molecule has 2 N–H and O–H groups in total. The van der Waals surface area contributed by atoms with Gasteiger partial charge in [-0.15, -0.1) is 0 Å². The SMILES string of the molecule is CC(COc1c[nH]c2ccccc12)C(=O)O. The molecule has 2 aromatic rings. The van der Waals surface area contributed by atoms with Gasteiger partial charge in [-0.05, 0) is 19.1 Å². The third-order valence-electron chi connectivity index (χ3n) is 2.46. The first-order valence-corrected chi connectivity index (χ1v) is 5.10. The normalized spacial score (nSPS) is 12.6. The molecule has 0 radical (unpaired) electrons. The topological polar surface area (TPSA) is 62.3 Å². The summed E-state index contributed by atoms with van der Waals surface area (Å²) in [6.45, 7) is 1.80. The molecule has 1 atom stereocenters. The number of para-hydroxylation sites is 1. The minimum Gasteiger partial charge on any atom is -0.490 e. The molecule has 0 saturated carbocycles. The predicted molar refractivity (Wildman–Crippen MR) is 60.6 cm³/mol. The first-order valence-electron chi connectivity index (χ1n) is 5.10. The number of carboxylic acids is 1. The van der Waals surface area contributed by atoms with Crippen molar-refractivity contribution in [3.05, 3.63) is 30.5 Å². The van der Waals surface area contributed by atoms with E-state index in [2.05, 4.69) is 4.98 Å². The summed E-state index contributed by atoms with van der Waals surface area (Å²) in [5.74, 6) is -0.655. The molecular formula is C12H13NO3. The molecule has 0 spiro atoms. The molecule has 1 heterocycles. The summed E-state index contributed by atoms with van der Waals surface area (Å²) >= 11 is 0. The fourth-order valence-electron chi connectivity index (χ4n) is 1.45. The number of carbonyl (C=O) groups is 1. The lowest BCUT2D eigenvalue weighted by Crippen LogP contribution is -2.17. The van der Waals surface area contributed by atoms with E-state index in [1.807, 2.05) is 24.3 Å². The quantitative estimate of drug-likeness (QED) is 0.829. The van der Waals surface area contributed by atoms with Crippen LogP contribution in [0.2, 0.25) is 0 Å². The standard InChI is InChI=1S/C12H13NO3/c1-8(12(14)15)7-16-11-6-13-10-5-3-2-4-9(10)11/h2-6,8,13H,7H2,1H3,(H,14,15). The maximum Gasteiger partial charge on any atom is 0.309 e. The Morgan fingerprint density at radius 2 is 2.25 bits per heavy atom. The molecular weight excluding hydrogens is 206 g/mol. The van der Waals surface area contributed by atoms with Gasteiger partial charge >= 0.3 is 5.97 Å². The highest BCUT2D eigenvalue weighted by atomic mass is 16.5. The molecule has 0 aliphatic rings. The van der Waals surface area contributed by atoms with Crippen LogP contribution in [0, 0.1) is 5.92 Å². The van der Waals surface area contributed by atoms with Gasteiger partial charge in [0.1, 0.15) is 12.4 Å². The van der Waals surface area contributed by atoms with Crippen molar-refractivity contribution in [1.29, 1.82) is 0 Å². The van der Waals surface area contributed by atoms with Crippen LogP contribution in [-0.4, -0.2) is 22.7 Å². The number of carboxylic acid groups (broad SMARTS) is 1. The molecule has 1 aromatic carbocycles. The summed E-state index contributed by atoms with van der Waals surface area (Å²) in [7, 11) is 0. The van der Waals surface area contributed by atoms with Gasteiger partial charge in [0.25, 0.3) is 0 Å². The molecule has 1 aromatic heterocycles. The Bertz CT molecular complexity index is 504. The van der Waals surface area contributed by atoms with Crippen LogP contribution in [0.5, 0.6) is 5.75 Å². The third kappa shape index (κ3) is 2.00. The van der Waals surface area contributed by atoms with Gasteiger partial charge in [0.05, 0.1) is 5.92 Å². The Morgan fingerprint density at radius 3 is 3.00 bits per heavy atom. The lowest BCUT2D eigenvalue weighted by Gasteiger charge is -2.07. The van der Waals surface area contributed by atoms with E-state index in [0.717, 1.165) is 10.9 Å². The molecule has 1 unspecified atom stereocenters. The summed E-state index contributed by atoms with van der Waals surface area (Å²) in [5.41, 5.74) is 0.987. The van der Waals surface area contributed by atoms with Gasteiger partial charge in [0.2, 0.25) is 0 Å². The van der Waals surface area contributed by atoms with E-state index in [1.54, 1.807) is 13.1 Å². The van der Waals surface area contributed by atoms with Crippen LogP contribution in [0.25, 0.3) is 10.9 Å². The first kappa shape index (κ1) is 10.5. The molecule has 0 saturated heterocycles. The van der Waals surface area contributed by atoms with Crippen molar-refractivity contribution in [3.8, 4) is 5.75 Å². The molecule has 84 valence electrons. The highest BCUT2D eigenvalue weighted by Crippen LogP contribution is 2.25. The second-order valence-corrected chi connectivity index (χ2v) is 3.75. The van der Waals surface area contributed by atoms with Gasteiger partial charge in [-0.25, -0.2) is 0 Å². The second kappa shape index (κ2) is 4.26. The van der Waals surface area contributed by atoms with Crippen LogP contribution in [-0.2, 0) is 4.79 Å². The number of aromatic nitrogens is 1. The fraction of sp³-hybridized carbons (Fsp3) is 0.250. The first-order chi connectivity index (χ1) is 7.68. The van der Waals surface area contributed by atoms with E-state index in [1.165, 1.54) is 0 Å². The zero-order valence-electron chi connectivity index (χ0n) is 8.93. The van der Waals surface area contributed by atoms with E-state index >= 15 is 0 Å². The number of hydrogen-bond donors (Lipinski definition) is 2. The Balaban J connectivity index is 2.13. The number of benzene rings is 1. The third-order valence-corrected chi connectivity index (χ3v) is 2.46. The minimum atomic E-state index is -0.847. The van der Waals surface area contributed by atoms with Crippen molar-refractivity contribution in [3.63, 3.8) is 0 Å². The summed E-state index contributed by atoms with van der Waals surface area (Å²) in [6, 6.07) is 7.74. The Morgan fingerprint density at radius 1 is 1.50 bits per heavy atom. The molecule has 0 aliphatic heterocycles. The van der Waals surface area contributed by atoms with Gasteiger partial charge in [0, 0.05) is 17.1 Å². The predicted octanol–water partition coefficient (Wildman–Crippen LogP) is 2.27. The van der Waals surface area contributed by atoms with E-state index in [4.69, 9.17) is 9.84 Å². The monoisotopic (exact) mass is 219 g/mol. The van der Waals surface area contributed by atoms with Crippen LogP contribution in [0.1, 0.15) is 6.92 Å². The van der Waals surface area contributed by atoms with E-state index < -0.39 is 11.9 Å².